The van der Waals surface area contributed by atoms with Crippen LogP contribution in [0, 0.1) is 0 Å². The number of carbonyl (C=O) groups is 1. The molecular formula is C21H19F3N2O3. The van der Waals surface area contributed by atoms with Crippen LogP contribution in [-0.2, 0) is 24.1 Å². The molecule has 0 bridgehead atoms. The number of benzene rings is 2. The average Bonchev–Trinajstić information content (AvgIpc) is 2.60. The highest BCUT2D eigenvalue weighted by atomic mass is 19.4. The molecule has 29 heavy (non-hydrogen) atoms. The zero-order chi connectivity index (χ0) is 21.2. The van der Waals surface area contributed by atoms with Crippen molar-refractivity contribution in [2.24, 2.45) is 0 Å². The summed E-state index contributed by atoms with van der Waals surface area (Å²) in [5.41, 5.74) is 1.10. The molecule has 0 unspecified atom stereocenters. The Kier molecular flexibility index (Phi) is 5.74. The minimum atomic E-state index is -4.36. The van der Waals surface area contributed by atoms with Crippen LogP contribution in [-0.4, -0.2) is 17.9 Å². The van der Waals surface area contributed by atoms with Crippen LogP contribution in [0.25, 0.3) is 11.0 Å². The Balaban J connectivity index is 1.80. The fourth-order valence-electron chi connectivity index (χ4n) is 3.10. The van der Waals surface area contributed by atoms with Crippen LogP contribution in [0.2, 0.25) is 0 Å². The van der Waals surface area contributed by atoms with Crippen LogP contribution < -0.4 is 10.9 Å². The molecule has 1 heterocycles. The maximum absolute atomic E-state index is 12.7. The first-order chi connectivity index (χ1) is 13.6. The van der Waals surface area contributed by atoms with E-state index in [9.17, 15) is 22.8 Å². The second-order valence-corrected chi connectivity index (χ2v) is 6.85. The molecule has 0 aliphatic carbocycles. The van der Waals surface area contributed by atoms with Gasteiger partial charge in [0.2, 0.25) is 5.91 Å². The van der Waals surface area contributed by atoms with Gasteiger partial charge in [-0.2, -0.15) is 13.2 Å². The third kappa shape index (κ3) is 5.23. The Morgan fingerprint density at radius 1 is 1.07 bits per heavy atom. The number of hydrogen-bond acceptors (Lipinski definition) is 4. The fraction of sp³-hybridized carbons (Fsp3) is 0.238. The van der Waals surface area contributed by atoms with Gasteiger partial charge in [0.1, 0.15) is 5.58 Å². The van der Waals surface area contributed by atoms with Crippen molar-refractivity contribution in [3.05, 3.63) is 75.6 Å². The van der Waals surface area contributed by atoms with Gasteiger partial charge in [-0.1, -0.05) is 12.1 Å². The van der Waals surface area contributed by atoms with E-state index in [0.717, 1.165) is 28.6 Å². The quantitative estimate of drug-likeness (QED) is 0.641. The average molecular weight is 404 g/mol. The first-order valence-corrected chi connectivity index (χ1v) is 8.81. The van der Waals surface area contributed by atoms with Gasteiger partial charge in [-0.25, -0.2) is 4.79 Å². The van der Waals surface area contributed by atoms with Crippen molar-refractivity contribution in [2.75, 3.05) is 12.4 Å². The SMILES string of the molecule is CC(=O)Nc1ccc2c(CN(C)Cc3ccc(C(F)(F)F)cc3)cc(=O)oc2c1. The number of alkyl halides is 3. The lowest BCUT2D eigenvalue weighted by atomic mass is 10.1. The van der Waals surface area contributed by atoms with Gasteiger partial charge in [-0.05, 0) is 42.4 Å². The number of anilines is 1. The van der Waals surface area contributed by atoms with E-state index in [1.165, 1.54) is 25.1 Å². The molecule has 1 amide bonds. The Morgan fingerprint density at radius 2 is 1.76 bits per heavy atom. The van der Waals surface area contributed by atoms with Gasteiger partial charge in [0.25, 0.3) is 0 Å². The molecule has 8 heteroatoms. The summed E-state index contributed by atoms with van der Waals surface area (Å²) >= 11 is 0. The van der Waals surface area contributed by atoms with Crippen LogP contribution in [0.3, 0.4) is 0 Å². The highest BCUT2D eigenvalue weighted by Gasteiger charge is 2.29. The fourth-order valence-corrected chi connectivity index (χ4v) is 3.10. The zero-order valence-corrected chi connectivity index (χ0v) is 15.8. The van der Waals surface area contributed by atoms with E-state index in [1.807, 2.05) is 11.9 Å². The molecule has 1 aromatic heterocycles. The number of amides is 1. The molecule has 3 rings (SSSR count). The third-order valence-electron chi connectivity index (χ3n) is 4.32. The summed E-state index contributed by atoms with van der Waals surface area (Å²) in [5, 5.41) is 3.35. The van der Waals surface area contributed by atoms with Crippen molar-refractivity contribution in [3.63, 3.8) is 0 Å². The van der Waals surface area contributed by atoms with Gasteiger partial charge < -0.3 is 9.73 Å². The lowest BCUT2D eigenvalue weighted by molar-refractivity contribution is -0.137. The summed E-state index contributed by atoms with van der Waals surface area (Å²) in [6.07, 6.45) is -4.36. The van der Waals surface area contributed by atoms with Crippen molar-refractivity contribution in [3.8, 4) is 0 Å². The Hall–Kier alpha value is -3.13. The molecule has 3 aromatic rings. The largest absolute Gasteiger partial charge is 0.423 e. The lowest BCUT2D eigenvalue weighted by Crippen LogP contribution is -2.18. The van der Waals surface area contributed by atoms with E-state index in [0.29, 0.717) is 24.4 Å². The molecule has 0 spiro atoms. The van der Waals surface area contributed by atoms with E-state index >= 15 is 0 Å². The van der Waals surface area contributed by atoms with Crippen molar-refractivity contribution >= 4 is 22.6 Å². The smallest absolute Gasteiger partial charge is 0.416 e. The molecule has 0 fully saturated rings. The molecule has 0 saturated carbocycles. The van der Waals surface area contributed by atoms with Gasteiger partial charge in [-0.3, -0.25) is 9.69 Å². The van der Waals surface area contributed by atoms with Crippen LogP contribution in [0.1, 0.15) is 23.6 Å². The summed E-state index contributed by atoms with van der Waals surface area (Å²) in [5.74, 6) is -0.237. The van der Waals surface area contributed by atoms with Gasteiger partial charge in [-0.15, -0.1) is 0 Å². The summed E-state index contributed by atoms with van der Waals surface area (Å²) in [4.78, 5) is 25.0. The normalized spacial score (nSPS) is 11.8. The molecular weight excluding hydrogens is 385 g/mol. The van der Waals surface area contributed by atoms with Gasteiger partial charge in [0.05, 0.1) is 5.56 Å². The first-order valence-electron chi connectivity index (χ1n) is 8.81. The standard InChI is InChI=1S/C21H19F3N2O3/c1-13(27)25-17-7-8-18-15(9-20(28)29-19(18)10-17)12-26(2)11-14-3-5-16(6-4-14)21(22,23)24/h3-10H,11-12H2,1-2H3,(H,25,27). The third-order valence-corrected chi connectivity index (χ3v) is 4.32. The molecule has 0 aliphatic heterocycles. The predicted octanol–water partition coefficient (Wildman–Crippen LogP) is 4.40. The molecule has 5 nitrogen and oxygen atoms in total. The maximum atomic E-state index is 12.7. The summed E-state index contributed by atoms with van der Waals surface area (Å²) in [6, 6.07) is 11.4. The number of nitrogens with zero attached hydrogens (tertiary/aromatic N) is 1. The molecule has 0 atom stereocenters. The highest BCUT2D eigenvalue weighted by molar-refractivity contribution is 5.92. The summed E-state index contributed by atoms with van der Waals surface area (Å²) in [7, 11) is 1.81. The predicted molar refractivity (Wildman–Crippen MR) is 103 cm³/mol. The summed E-state index contributed by atoms with van der Waals surface area (Å²) in [6.45, 7) is 2.18. The number of rotatable bonds is 5. The molecule has 152 valence electrons. The minimum absolute atomic E-state index is 0.237. The number of carbonyl (C=O) groups excluding carboxylic acids is 1. The Morgan fingerprint density at radius 3 is 2.38 bits per heavy atom. The summed E-state index contributed by atoms with van der Waals surface area (Å²) < 4.78 is 43.3. The van der Waals surface area contributed by atoms with Gasteiger partial charge in [0, 0.05) is 43.2 Å². The lowest BCUT2D eigenvalue weighted by Gasteiger charge is -2.18. The van der Waals surface area contributed by atoms with Crippen molar-refractivity contribution < 1.29 is 22.4 Å². The Bertz CT molecular complexity index is 1090. The van der Waals surface area contributed by atoms with Gasteiger partial charge in [0.15, 0.2) is 0 Å². The second-order valence-electron chi connectivity index (χ2n) is 6.85. The molecule has 2 aromatic carbocycles. The molecule has 0 radical (unpaired) electrons. The number of nitrogens with one attached hydrogen (secondary N) is 1. The van der Waals surface area contributed by atoms with Crippen LogP contribution in [0.4, 0.5) is 18.9 Å². The zero-order valence-electron chi connectivity index (χ0n) is 15.8. The first kappa shape index (κ1) is 20.6. The molecule has 1 N–H and O–H groups in total. The van der Waals surface area contributed by atoms with Crippen molar-refractivity contribution in [2.45, 2.75) is 26.2 Å². The number of fused-ring (bicyclic) bond motifs is 1. The maximum Gasteiger partial charge on any atom is 0.416 e. The van der Waals surface area contributed by atoms with Crippen LogP contribution in [0.5, 0.6) is 0 Å². The molecule has 0 aliphatic rings. The number of halogens is 3. The Labute approximate surface area is 164 Å². The van der Waals surface area contributed by atoms with E-state index in [4.69, 9.17) is 4.42 Å². The van der Waals surface area contributed by atoms with Crippen LogP contribution >= 0.6 is 0 Å². The van der Waals surface area contributed by atoms with E-state index in [2.05, 4.69) is 5.32 Å². The van der Waals surface area contributed by atoms with E-state index in [1.54, 1.807) is 18.2 Å². The second kappa shape index (κ2) is 8.08. The van der Waals surface area contributed by atoms with Crippen molar-refractivity contribution in [1.29, 1.82) is 0 Å². The van der Waals surface area contributed by atoms with Gasteiger partial charge >= 0.3 is 11.8 Å². The number of hydrogen-bond donors (Lipinski definition) is 1. The topological polar surface area (TPSA) is 62.6 Å². The minimum Gasteiger partial charge on any atom is -0.423 e. The van der Waals surface area contributed by atoms with E-state index < -0.39 is 17.4 Å². The highest BCUT2D eigenvalue weighted by Crippen LogP contribution is 2.29. The van der Waals surface area contributed by atoms with Crippen molar-refractivity contribution in [1.82, 2.24) is 4.90 Å². The molecule has 0 saturated heterocycles. The monoisotopic (exact) mass is 404 g/mol. The van der Waals surface area contributed by atoms with Crippen LogP contribution in [0.15, 0.2) is 57.7 Å². The van der Waals surface area contributed by atoms with E-state index in [-0.39, 0.29) is 5.91 Å².